The number of thiazole rings is 1. The Morgan fingerprint density at radius 3 is 2.66 bits per heavy atom. The summed E-state index contributed by atoms with van der Waals surface area (Å²) in [6.07, 6.45) is 1.96. The normalized spacial score (nSPS) is 10.5. The molecule has 0 fully saturated rings. The zero-order chi connectivity index (χ0) is 22.2. The third-order valence-corrected chi connectivity index (χ3v) is 5.60. The van der Waals surface area contributed by atoms with Gasteiger partial charge in [-0.3, -0.25) is 4.79 Å². The van der Waals surface area contributed by atoms with Crippen LogP contribution in [0.25, 0.3) is 10.6 Å². The van der Waals surface area contributed by atoms with Crippen molar-refractivity contribution in [1.29, 1.82) is 0 Å². The fourth-order valence-corrected chi connectivity index (χ4v) is 3.82. The molecule has 0 spiro atoms. The predicted octanol–water partition coefficient (Wildman–Crippen LogP) is 4.16. The third kappa shape index (κ3) is 5.67. The molecule has 0 aliphatic heterocycles. The van der Waals surface area contributed by atoms with Crippen molar-refractivity contribution in [3.05, 3.63) is 89.3 Å². The number of benzene rings is 2. The van der Waals surface area contributed by atoms with Crippen LogP contribution in [0, 0.1) is 0 Å². The second-order valence-corrected chi connectivity index (χ2v) is 7.75. The third-order valence-electron chi connectivity index (χ3n) is 4.66. The topological polar surface area (TPSA) is 86.2 Å². The van der Waals surface area contributed by atoms with Gasteiger partial charge in [-0.15, -0.1) is 11.3 Å². The first-order chi connectivity index (χ1) is 15.7. The minimum absolute atomic E-state index is 0.264. The molecule has 32 heavy (non-hydrogen) atoms. The summed E-state index contributed by atoms with van der Waals surface area (Å²) in [5, 5.41) is 5.82. The standard InChI is InChI=1S/C24H22N4O3S/c1-30-20-9-7-18(8-10-20)24-28-19(15-32-24)11-12-25-23(29)21-13-22(27-16-26-21)31-14-17-5-3-2-4-6-17/h2-10,13,15-16H,11-12,14H2,1H3,(H,25,29). The van der Waals surface area contributed by atoms with Crippen molar-refractivity contribution in [1.82, 2.24) is 20.3 Å². The minimum atomic E-state index is -0.275. The zero-order valence-electron chi connectivity index (χ0n) is 17.5. The van der Waals surface area contributed by atoms with Crippen molar-refractivity contribution in [2.45, 2.75) is 13.0 Å². The van der Waals surface area contributed by atoms with E-state index in [0.29, 0.717) is 25.5 Å². The molecule has 0 saturated heterocycles. The van der Waals surface area contributed by atoms with Crippen LogP contribution in [0.2, 0.25) is 0 Å². The van der Waals surface area contributed by atoms with Gasteiger partial charge in [-0.25, -0.2) is 15.0 Å². The Balaban J connectivity index is 1.28. The molecule has 0 bridgehead atoms. The highest BCUT2D eigenvalue weighted by atomic mass is 32.1. The Kier molecular flexibility index (Phi) is 7.04. The van der Waals surface area contributed by atoms with Crippen molar-refractivity contribution in [2.75, 3.05) is 13.7 Å². The van der Waals surface area contributed by atoms with E-state index in [-0.39, 0.29) is 11.6 Å². The van der Waals surface area contributed by atoms with Crippen LogP contribution in [0.4, 0.5) is 0 Å². The highest BCUT2D eigenvalue weighted by molar-refractivity contribution is 7.13. The number of nitrogens with one attached hydrogen (secondary N) is 1. The van der Waals surface area contributed by atoms with Gasteiger partial charge >= 0.3 is 0 Å². The highest BCUT2D eigenvalue weighted by Gasteiger charge is 2.10. The summed E-state index contributed by atoms with van der Waals surface area (Å²) in [5.41, 5.74) is 3.25. The molecule has 0 aliphatic rings. The smallest absolute Gasteiger partial charge is 0.270 e. The van der Waals surface area contributed by atoms with E-state index < -0.39 is 0 Å². The van der Waals surface area contributed by atoms with Crippen molar-refractivity contribution < 1.29 is 14.3 Å². The fraction of sp³-hybridized carbons (Fsp3) is 0.167. The molecular formula is C24H22N4O3S. The van der Waals surface area contributed by atoms with Crippen LogP contribution in [0.3, 0.4) is 0 Å². The Hall–Kier alpha value is -3.78. The van der Waals surface area contributed by atoms with Gasteiger partial charge in [0.1, 0.15) is 29.4 Å². The molecular weight excluding hydrogens is 424 g/mol. The number of carbonyl (C=O) groups excluding carboxylic acids is 1. The number of amides is 1. The van der Waals surface area contributed by atoms with Crippen LogP contribution < -0.4 is 14.8 Å². The Morgan fingerprint density at radius 2 is 1.88 bits per heavy atom. The molecule has 1 amide bonds. The average molecular weight is 447 g/mol. The summed E-state index contributed by atoms with van der Waals surface area (Å²) in [5.74, 6) is 0.895. The molecule has 2 aromatic heterocycles. The van der Waals surface area contributed by atoms with E-state index in [0.717, 1.165) is 27.6 Å². The van der Waals surface area contributed by atoms with Crippen molar-refractivity contribution in [3.8, 4) is 22.2 Å². The lowest BCUT2D eigenvalue weighted by molar-refractivity contribution is 0.0948. The molecule has 0 unspecified atom stereocenters. The number of rotatable bonds is 9. The van der Waals surface area contributed by atoms with Gasteiger partial charge in [-0.2, -0.15) is 0 Å². The van der Waals surface area contributed by atoms with Crippen LogP contribution in [0.15, 0.2) is 72.4 Å². The van der Waals surface area contributed by atoms with Crippen LogP contribution in [0.1, 0.15) is 21.7 Å². The lowest BCUT2D eigenvalue weighted by atomic mass is 10.2. The van der Waals surface area contributed by atoms with E-state index in [2.05, 4.69) is 20.3 Å². The SMILES string of the molecule is COc1ccc(-c2nc(CCNC(=O)c3cc(OCc4ccccc4)ncn3)cs2)cc1. The van der Waals surface area contributed by atoms with Crippen LogP contribution in [-0.4, -0.2) is 34.5 Å². The van der Waals surface area contributed by atoms with Crippen LogP contribution in [-0.2, 0) is 13.0 Å². The van der Waals surface area contributed by atoms with Gasteiger partial charge in [0.05, 0.1) is 12.8 Å². The molecule has 4 rings (SSSR count). The van der Waals surface area contributed by atoms with Crippen molar-refractivity contribution in [3.63, 3.8) is 0 Å². The van der Waals surface area contributed by atoms with Gasteiger partial charge in [0, 0.05) is 30.0 Å². The van der Waals surface area contributed by atoms with Crippen molar-refractivity contribution >= 4 is 17.2 Å². The first-order valence-electron chi connectivity index (χ1n) is 10.1. The summed E-state index contributed by atoms with van der Waals surface area (Å²) >= 11 is 1.58. The maximum absolute atomic E-state index is 12.5. The van der Waals surface area contributed by atoms with Crippen LogP contribution in [0.5, 0.6) is 11.6 Å². The van der Waals surface area contributed by atoms with Gasteiger partial charge in [-0.05, 0) is 29.8 Å². The molecule has 0 aliphatic carbocycles. The van der Waals surface area contributed by atoms with E-state index in [4.69, 9.17) is 9.47 Å². The number of methoxy groups -OCH3 is 1. The molecule has 2 heterocycles. The first kappa shape index (κ1) is 21.5. The van der Waals surface area contributed by atoms with E-state index >= 15 is 0 Å². The lowest BCUT2D eigenvalue weighted by Gasteiger charge is -2.07. The monoisotopic (exact) mass is 446 g/mol. The predicted molar refractivity (Wildman–Crippen MR) is 123 cm³/mol. The van der Waals surface area contributed by atoms with Gasteiger partial charge in [0.2, 0.25) is 5.88 Å². The highest BCUT2D eigenvalue weighted by Crippen LogP contribution is 2.25. The summed E-state index contributed by atoms with van der Waals surface area (Å²) in [6.45, 7) is 0.827. The quantitative estimate of drug-likeness (QED) is 0.415. The zero-order valence-corrected chi connectivity index (χ0v) is 18.3. The molecule has 162 valence electrons. The molecule has 0 radical (unpaired) electrons. The van der Waals surface area contributed by atoms with Gasteiger partial charge in [-0.1, -0.05) is 30.3 Å². The Labute approximate surface area is 190 Å². The molecule has 0 saturated carbocycles. The Morgan fingerprint density at radius 1 is 1.06 bits per heavy atom. The van der Waals surface area contributed by atoms with Crippen molar-refractivity contribution in [2.24, 2.45) is 0 Å². The molecule has 7 nitrogen and oxygen atoms in total. The maximum atomic E-state index is 12.5. The van der Waals surface area contributed by atoms with E-state index in [1.54, 1.807) is 24.5 Å². The summed E-state index contributed by atoms with van der Waals surface area (Å²) < 4.78 is 10.9. The lowest BCUT2D eigenvalue weighted by Crippen LogP contribution is -2.26. The second kappa shape index (κ2) is 10.5. The van der Waals surface area contributed by atoms with Crippen LogP contribution >= 0.6 is 11.3 Å². The van der Waals surface area contributed by atoms with E-state index in [1.807, 2.05) is 60.0 Å². The van der Waals surface area contributed by atoms with Gasteiger partial charge in [0.15, 0.2) is 0 Å². The summed E-state index contributed by atoms with van der Waals surface area (Å²) in [7, 11) is 1.64. The minimum Gasteiger partial charge on any atom is -0.497 e. The Bertz CT molecular complexity index is 1160. The van der Waals surface area contributed by atoms with E-state index in [9.17, 15) is 4.79 Å². The number of aromatic nitrogens is 3. The maximum Gasteiger partial charge on any atom is 0.270 e. The molecule has 0 atom stereocenters. The largest absolute Gasteiger partial charge is 0.497 e. The van der Waals surface area contributed by atoms with Gasteiger partial charge < -0.3 is 14.8 Å². The molecule has 4 aromatic rings. The second-order valence-electron chi connectivity index (χ2n) is 6.89. The molecule has 1 N–H and O–H groups in total. The number of nitrogens with zero attached hydrogens (tertiary/aromatic N) is 3. The number of hydrogen-bond acceptors (Lipinski definition) is 7. The summed E-state index contributed by atoms with van der Waals surface area (Å²) in [6, 6.07) is 19.1. The molecule has 2 aromatic carbocycles. The first-order valence-corrected chi connectivity index (χ1v) is 10.9. The number of hydrogen-bond donors (Lipinski definition) is 1. The van der Waals surface area contributed by atoms with E-state index in [1.165, 1.54) is 6.33 Å². The van der Waals surface area contributed by atoms with Gasteiger partial charge in [0.25, 0.3) is 5.91 Å². The average Bonchev–Trinajstić information content (AvgIpc) is 3.32. The molecule has 8 heteroatoms. The number of ether oxygens (including phenoxy) is 2. The number of carbonyl (C=O) groups is 1. The fourth-order valence-electron chi connectivity index (χ4n) is 2.96. The summed E-state index contributed by atoms with van der Waals surface area (Å²) in [4.78, 5) is 25.2.